The van der Waals surface area contributed by atoms with Crippen molar-refractivity contribution in [2.45, 2.75) is 13.8 Å². The van der Waals surface area contributed by atoms with Crippen molar-refractivity contribution < 1.29 is 9.53 Å². The van der Waals surface area contributed by atoms with Gasteiger partial charge in [-0.2, -0.15) is 4.98 Å². The lowest BCUT2D eigenvalue weighted by Gasteiger charge is -2.05. The van der Waals surface area contributed by atoms with Gasteiger partial charge in [-0.05, 0) is 31.5 Å². The maximum Gasteiger partial charge on any atom is 0.337 e. The van der Waals surface area contributed by atoms with Gasteiger partial charge in [0.15, 0.2) is 0 Å². The molecule has 7 nitrogen and oxygen atoms in total. The number of aromatic nitrogens is 3. The van der Waals surface area contributed by atoms with Gasteiger partial charge in [0.05, 0.1) is 6.61 Å². The van der Waals surface area contributed by atoms with Crippen LogP contribution in [0.2, 0.25) is 0 Å². The number of benzene rings is 1. The molecule has 0 aliphatic rings. The van der Waals surface area contributed by atoms with Crippen LogP contribution in [0, 0.1) is 6.92 Å². The van der Waals surface area contributed by atoms with Crippen molar-refractivity contribution in [2.24, 2.45) is 0 Å². The molecule has 1 aromatic carbocycles. The van der Waals surface area contributed by atoms with Gasteiger partial charge in [0, 0.05) is 5.69 Å². The Morgan fingerprint density at radius 1 is 1.42 bits per heavy atom. The molecule has 0 spiro atoms. The molecule has 1 heterocycles. The van der Waals surface area contributed by atoms with E-state index in [1.807, 2.05) is 32.0 Å². The van der Waals surface area contributed by atoms with Gasteiger partial charge in [0.1, 0.15) is 0 Å². The van der Waals surface area contributed by atoms with Crippen LogP contribution >= 0.6 is 0 Å². The number of amides is 2. The summed E-state index contributed by atoms with van der Waals surface area (Å²) in [6.07, 6.45) is 0. The highest BCUT2D eigenvalue weighted by atomic mass is 16.5. The molecule has 0 saturated carbocycles. The van der Waals surface area contributed by atoms with E-state index in [1.165, 1.54) is 0 Å². The fraction of sp³-hybridized carbons (Fsp3) is 0.250. The zero-order valence-corrected chi connectivity index (χ0v) is 10.7. The van der Waals surface area contributed by atoms with Gasteiger partial charge in [0.2, 0.25) is 5.95 Å². The zero-order valence-electron chi connectivity index (χ0n) is 10.7. The number of H-pyrrole nitrogens is 1. The lowest BCUT2D eigenvalue weighted by atomic mass is 10.2. The third-order valence-electron chi connectivity index (χ3n) is 2.25. The molecule has 7 heteroatoms. The number of rotatable bonds is 4. The number of anilines is 2. The fourth-order valence-corrected chi connectivity index (χ4v) is 1.49. The second-order valence-electron chi connectivity index (χ2n) is 3.85. The first-order valence-corrected chi connectivity index (χ1v) is 5.87. The minimum absolute atomic E-state index is 0.202. The Labute approximate surface area is 110 Å². The summed E-state index contributed by atoms with van der Waals surface area (Å²) < 4.78 is 5.08. The van der Waals surface area contributed by atoms with Crippen molar-refractivity contribution in [1.82, 2.24) is 15.2 Å². The Morgan fingerprint density at radius 2 is 2.26 bits per heavy atom. The van der Waals surface area contributed by atoms with E-state index in [0.717, 1.165) is 5.56 Å². The second kappa shape index (κ2) is 5.85. The molecule has 0 unspecified atom stereocenters. The lowest BCUT2D eigenvalue weighted by Crippen LogP contribution is -2.20. The SMILES string of the molecule is CCOc1n[nH]c(NC(=O)Nc2cccc(C)c2)n1. The Bertz CT molecular complexity index is 567. The van der Waals surface area contributed by atoms with Crippen molar-refractivity contribution in [3.8, 4) is 6.01 Å². The van der Waals surface area contributed by atoms with Crippen LogP contribution in [-0.2, 0) is 0 Å². The molecule has 2 amide bonds. The van der Waals surface area contributed by atoms with Gasteiger partial charge in [-0.3, -0.25) is 5.32 Å². The van der Waals surface area contributed by atoms with Crippen LogP contribution in [-0.4, -0.2) is 27.8 Å². The number of aromatic amines is 1. The Kier molecular flexibility index (Phi) is 3.97. The normalized spacial score (nSPS) is 10.0. The third kappa shape index (κ3) is 3.70. The molecule has 2 rings (SSSR count). The minimum atomic E-state index is -0.398. The van der Waals surface area contributed by atoms with Crippen molar-refractivity contribution in [1.29, 1.82) is 0 Å². The highest BCUT2D eigenvalue weighted by molar-refractivity contribution is 5.98. The predicted octanol–water partition coefficient (Wildman–Crippen LogP) is 2.16. The summed E-state index contributed by atoms with van der Waals surface area (Å²) in [6.45, 7) is 4.24. The van der Waals surface area contributed by atoms with Crippen LogP contribution in [0.15, 0.2) is 24.3 Å². The molecule has 100 valence electrons. The molecule has 0 radical (unpaired) electrons. The van der Waals surface area contributed by atoms with Crippen molar-refractivity contribution in [3.63, 3.8) is 0 Å². The van der Waals surface area contributed by atoms with Crippen LogP contribution in [0.3, 0.4) is 0 Å². The summed E-state index contributed by atoms with van der Waals surface area (Å²) in [7, 11) is 0. The summed E-state index contributed by atoms with van der Waals surface area (Å²) in [6, 6.07) is 7.29. The maximum atomic E-state index is 11.7. The number of nitrogens with one attached hydrogen (secondary N) is 3. The smallest absolute Gasteiger partial charge is 0.337 e. The number of nitrogens with zero attached hydrogens (tertiary/aromatic N) is 2. The molecular weight excluding hydrogens is 246 g/mol. The van der Waals surface area contributed by atoms with Crippen molar-refractivity contribution >= 4 is 17.7 Å². The minimum Gasteiger partial charge on any atom is -0.463 e. The van der Waals surface area contributed by atoms with Crippen LogP contribution in [0.4, 0.5) is 16.4 Å². The van der Waals surface area contributed by atoms with Crippen molar-refractivity contribution in [2.75, 3.05) is 17.2 Å². The van der Waals surface area contributed by atoms with E-state index in [9.17, 15) is 4.79 Å². The first-order valence-electron chi connectivity index (χ1n) is 5.87. The molecule has 0 aliphatic heterocycles. The molecular formula is C12H15N5O2. The number of carbonyl (C=O) groups excluding carboxylic acids is 1. The van der Waals surface area contributed by atoms with E-state index >= 15 is 0 Å². The molecule has 0 bridgehead atoms. The molecule has 0 fully saturated rings. The number of hydrogen-bond acceptors (Lipinski definition) is 4. The Balaban J connectivity index is 1.93. The van der Waals surface area contributed by atoms with E-state index in [0.29, 0.717) is 12.3 Å². The average molecular weight is 261 g/mol. The topological polar surface area (TPSA) is 91.9 Å². The molecule has 0 atom stereocenters. The predicted molar refractivity (Wildman–Crippen MR) is 71.4 cm³/mol. The third-order valence-corrected chi connectivity index (χ3v) is 2.25. The summed E-state index contributed by atoms with van der Waals surface area (Å²) in [5.41, 5.74) is 1.78. The van der Waals surface area contributed by atoms with E-state index in [2.05, 4.69) is 25.8 Å². The summed E-state index contributed by atoms with van der Waals surface area (Å²) in [4.78, 5) is 15.6. The number of carbonyl (C=O) groups is 1. The molecule has 19 heavy (non-hydrogen) atoms. The highest BCUT2D eigenvalue weighted by Gasteiger charge is 2.07. The standard InChI is InChI=1S/C12H15N5O2/c1-3-19-12-15-10(16-17-12)14-11(18)13-9-6-4-5-8(2)7-9/h4-7H,3H2,1-2H3,(H3,13,14,15,16,17,18). The van der Waals surface area contributed by atoms with E-state index < -0.39 is 6.03 Å². The zero-order chi connectivity index (χ0) is 13.7. The van der Waals surface area contributed by atoms with Crippen molar-refractivity contribution in [3.05, 3.63) is 29.8 Å². The van der Waals surface area contributed by atoms with E-state index in [4.69, 9.17) is 4.74 Å². The van der Waals surface area contributed by atoms with Gasteiger partial charge in [-0.1, -0.05) is 12.1 Å². The molecule has 1 aromatic heterocycles. The second-order valence-corrected chi connectivity index (χ2v) is 3.85. The number of hydrogen-bond donors (Lipinski definition) is 3. The fourth-order valence-electron chi connectivity index (χ4n) is 1.49. The first-order chi connectivity index (χ1) is 9.17. The van der Waals surface area contributed by atoms with Gasteiger partial charge in [0.25, 0.3) is 0 Å². The van der Waals surface area contributed by atoms with Crippen LogP contribution in [0.5, 0.6) is 6.01 Å². The monoisotopic (exact) mass is 261 g/mol. The molecule has 2 aromatic rings. The quantitative estimate of drug-likeness (QED) is 0.786. The van der Waals surface area contributed by atoms with Crippen LogP contribution < -0.4 is 15.4 Å². The summed E-state index contributed by atoms with van der Waals surface area (Å²) in [5.74, 6) is 0.230. The van der Waals surface area contributed by atoms with E-state index in [-0.39, 0.29) is 12.0 Å². The van der Waals surface area contributed by atoms with Gasteiger partial charge < -0.3 is 10.1 Å². The van der Waals surface area contributed by atoms with Crippen LogP contribution in [0.25, 0.3) is 0 Å². The first kappa shape index (κ1) is 12.9. The summed E-state index contributed by atoms with van der Waals surface area (Å²) >= 11 is 0. The largest absolute Gasteiger partial charge is 0.463 e. The highest BCUT2D eigenvalue weighted by Crippen LogP contribution is 2.10. The average Bonchev–Trinajstić information content (AvgIpc) is 2.77. The molecule has 0 saturated heterocycles. The van der Waals surface area contributed by atoms with Gasteiger partial charge >= 0.3 is 12.0 Å². The number of ether oxygens (including phenoxy) is 1. The lowest BCUT2D eigenvalue weighted by molar-refractivity contribution is 0.262. The molecule has 0 aliphatic carbocycles. The molecule has 3 N–H and O–H groups in total. The number of aryl methyl sites for hydroxylation is 1. The van der Waals surface area contributed by atoms with E-state index in [1.54, 1.807) is 6.07 Å². The summed E-state index contributed by atoms with van der Waals surface area (Å²) in [5, 5.41) is 11.6. The van der Waals surface area contributed by atoms with Crippen LogP contribution in [0.1, 0.15) is 12.5 Å². The number of urea groups is 1. The Hall–Kier alpha value is -2.57. The van der Waals surface area contributed by atoms with Gasteiger partial charge in [-0.25, -0.2) is 9.89 Å². The van der Waals surface area contributed by atoms with Gasteiger partial charge in [-0.15, -0.1) is 5.10 Å². The Morgan fingerprint density at radius 3 is 3.00 bits per heavy atom. The maximum absolute atomic E-state index is 11.7.